The number of anilines is 1. The number of methoxy groups -OCH3 is 2. The van der Waals surface area contributed by atoms with E-state index in [4.69, 9.17) is 14.2 Å². The highest BCUT2D eigenvalue weighted by molar-refractivity contribution is 5.88. The Kier molecular flexibility index (Phi) is 5.36. The van der Waals surface area contributed by atoms with Crippen molar-refractivity contribution in [2.75, 3.05) is 26.1 Å². The highest BCUT2D eigenvalue weighted by Gasteiger charge is 2.23. The van der Waals surface area contributed by atoms with Gasteiger partial charge in [0.2, 0.25) is 0 Å². The average molecular weight is 322 g/mol. The Labute approximate surface area is 137 Å². The van der Waals surface area contributed by atoms with Crippen molar-refractivity contribution in [3.8, 4) is 11.5 Å². The molecule has 1 fully saturated rings. The predicted octanol–water partition coefficient (Wildman–Crippen LogP) is 3.48. The summed E-state index contributed by atoms with van der Waals surface area (Å²) in [4.78, 5) is 12.1. The Morgan fingerprint density at radius 1 is 1.26 bits per heavy atom. The van der Waals surface area contributed by atoms with E-state index in [9.17, 15) is 4.79 Å². The van der Waals surface area contributed by atoms with E-state index in [1.165, 1.54) is 0 Å². The number of rotatable bonds is 4. The molecule has 6 nitrogen and oxygen atoms in total. The van der Waals surface area contributed by atoms with E-state index in [0.717, 1.165) is 24.9 Å². The van der Waals surface area contributed by atoms with E-state index in [2.05, 4.69) is 10.6 Å². The van der Waals surface area contributed by atoms with E-state index in [-0.39, 0.29) is 6.04 Å². The van der Waals surface area contributed by atoms with Gasteiger partial charge in [-0.1, -0.05) is 0 Å². The molecule has 0 bridgehead atoms. The van der Waals surface area contributed by atoms with Crippen molar-refractivity contribution in [1.82, 2.24) is 5.32 Å². The molecule has 1 unspecified atom stereocenters. The molecule has 6 heteroatoms. The van der Waals surface area contributed by atoms with Crippen LogP contribution in [0, 0.1) is 0 Å². The number of hydrogen-bond acceptors (Lipinski definition) is 5. The number of ether oxygens (including phenoxy) is 3. The molecule has 128 valence electrons. The molecule has 1 heterocycles. The first kappa shape index (κ1) is 17.4. The predicted molar refractivity (Wildman–Crippen MR) is 89.4 cm³/mol. The lowest BCUT2D eigenvalue weighted by Crippen LogP contribution is -2.27. The fourth-order valence-electron chi connectivity index (χ4n) is 2.66. The van der Waals surface area contributed by atoms with Gasteiger partial charge in [-0.2, -0.15) is 0 Å². The molecular formula is C17H26N2O4. The summed E-state index contributed by atoms with van der Waals surface area (Å²) in [6.07, 6.45) is 1.67. The van der Waals surface area contributed by atoms with Crippen LogP contribution in [-0.4, -0.2) is 32.5 Å². The molecule has 0 spiro atoms. The molecule has 0 saturated carbocycles. The van der Waals surface area contributed by atoms with Gasteiger partial charge in [-0.15, -0.1) is 0 Å². The van der Waals surface area contributed by atoms with Gasteiger partial charge < -0.3 is 19.5 Å². The van der Waals surface area contributed by atoms with Crippen LogP contribution in [0.5, 0.6) is 11.5 Å². The van der Waals surface area contributed by atoms with Crippen LogP contribution in [0.25, 0.3) is 0 Å². The molecule has 23 heavy (non-hydrogen) atoms. The van der Waals surface area contributed by atoms with Crippen LogP contribution in [0.3, 0.4) is 0 Å². The van der Waals surface area contributed by atoms with Gasteiger partial charge in [-0.3, -0.25) is 5.32 Å². The Morgan fingerprint density at radius 3 is 2.52 bits per heavy atom. The zero-order valence-corrected chi connectivity index (χ0v) is 14.5. The molecule has 1 aliphatic heterocycles. The monoisotopic (exact) mass is 322 g/mol. The molecule has 0 aliphatic carbocycles. The minimum absolute atomic E-state index is 0.258. The van der Waals surface area contributed by atoms with Gasteiger partial charge in [0, 0.05) is 6.04 Å². The van der Waals surface area contributed by atoms with Crippen molar-refractivity contribution in [2.24, 2.45) is 0 Å². The quantitative estimate of drug-likeness (QED) is 0.888. The summed E-state index contributed by atoms with van der Waals surface area (Å²) in [6, 6.07) is 4.12. The van der Waals surface area contributed by atoms with E-state index in [0.29, 0.717) is 17.2 Å². The van der Waals surface area contributed by atoms with Gasteiger partial charge in [-0.25, -0.2) is 4.79 Å². The highest BCUT2D eigenvalue weighted by Crippen LogP contribution is 2.39. The molecule has 2 rings (SSSR count). The second kappa shape index (κ2) is 7.08. The van der Waals surface area contributed by atoms with Crippen molar-refractivity contribution in [3.63, 3.8) is 0 Å². The van der Waals surface area contributed by atoms with Crippen molar-refractivity contribution < 1.29 is 19.0 Å². The number of benzene rings is 1. The van der Waals surface area contributed by atoms with Crippen LogP contribution >= 0.6 is 0 Å². The summed E-state index contributed by atoms with van der Waals surface area (Å²) in [5.41, 5.74) is 1.04. The van der Waals surface area contributed by atoms with Crippen LogP contribution in [-0.2, 0) is 4.74 Å². The summed E-state index contributed by atoms with van der Waals surface area (Å²) in [6.45, 7) is 6.46. The maximum absolute atomic E-state index is 12.1. The van der Waals surface area contributed by atoms with Gasteiger partial charge in [-0.05, 0) is 57.9 Å². The molecule has 1 aliphatic rings. The summed E-state index contributed by atoms with van der Waals surface area (Å²) in [7, 11) is 3.13. The Hall–Kier alpha value is -1.95. The largest absolute Gasteiger partial charge is 0.493 e. The number of carbonyl (C=O) groups excluding carboxylic acids is 1. The van der Waals surface area contributed by atoms with E-state index in [1.54, 1.807) is 14.2 Å². The third-order valence-electron chi connectivity index (χ3n) is 3.60. The number of nitrogens with one attached hydrogen (secondary N) is 2. The zero-order valence-electron chi connectivity index (χ0n) is 14.5. The molecule has 2 N–H and O–H groups in total. The van der Waals surface area contributed by atoms with Crippen LogP contribution in [0.1, 0.15) is 45.2 Å². The number of hydrogen-bond donors (Lipinski definition) is 2. The molecular weight excluding hydrogens is 296 g/mol. The molecule has 1 aromatic rings. The molecule has 1 atom stereocenters. The van der Waals surface area contributed by atoms with Gasteiger partial charge in [0.05, 0.1) is 19.9 Å². The first-order valence-electron chi connectivity index (χ1n) is 7.83. The zero-order chi connectivity index (χ0) is 17.0. The van der Waals surface area contributed by atoms with Crippen molar-refractivity contribution in [3.05, 3.63) is 17.7 Å². The summed E-state index contributed by atoms with van der Waals surface area (Å²) in [5.74, 6) is 1.07. The second-order valence-corrected chi connectivity index (χ2v) is 6.58. The average Bonchev–Trinajstić information content (AvgIpc) is 2.98. The minimum atomic E-state index is -0.563. The SMILES string of the molecule is COc1cc(C2CCCN2)cc(NC(=O)OC(C)(C)C)c1OC. The third kappa shape index (κ3) is 4.51. The highest BCUT2D eigenvalue weighted by atomic mass is 16.6. The van der Waals surface area contributed by atoms with Gasteiger partial charge in [0.15, 0.2) is 11.5 Å². The Balaban J connectivity index is 2.31. The van der Waals surface area contributed by atoms with Crippen LogP contribution in [0.4, 0.5) is 10.5 Å². The lowest BCUT2D eigenvalue weighted by atomic mass is 10.0. The maximum atomic E-state index is 12.1. The maximum Gasteiger partial charge on any atom is 0.412 e. The molecule has 1 amide bonds. The third-order valence-corrected chi connectivity index (χ3v) is 3.60. The number of amides is 1. The Bertz CT molecular complexity index is 560. The normalized spacial score (nSPS) is 17.7. The summed E-state index contributed by atoms with van der Waals surface area (Å²) < 4.78 is 16.1. The van der Waals surface area contributed by atoms with E-state index in [1.807, 2.05) is 32.9 Å². The van der Waals surface area contributed by atoms with Gasteiger partial charge in [0.1, 0.15) is 5.60 Å². The molecule has 0 radical (unpaired) electrons. The fraction of sp³-hybridized carbons (Fsp3) is 0.588. The topological polar surface area (TPSA) is 68.8 Å². The Morgan fingerprint density at radius 2 is 2.00 bits per heavy atom. The lowest BCUT2D eigenvalue weighted by Gasteiger charge is -2.22. The van der Waals surface area contributed by atoms with E-state index >= 15 is 0 Å². The van der Waals surface area contributed by atoms with Gasteiger partial charge >= 0.3 is 6.09 Å². The van der Waals surface area contributed by atoms with Crippen molar-refractivity contribution in [1.29, 1.82) is 0 Å². The van der Waals surface area contributed by atoms with E-state index < -0.39 is 11.7 Å². The van der Waals surface area contributed by atoms with Crippen LogP contribution in [0.2, 0.25) is 0 Å². The van der Waals surface area contributed by atoms with Crippen molar-refractivity contribution >= 4 is 11.8 Å². The van der Waals surface area contributed by atoms with Gasteiger partial charge in [0.25, 0.3) is 0 Å². The smallest absolute Gasteiger partial charge is 0.412 e. The summed E-state index contributed by atoms with van der Waals surface area (Å²) >= 11 is 0. The molecule has 1 aromatic carbocycles. The first-order chi connectivity index (χ1) is 10.8. The van der Waals surface area contributed by atoms with Crippen molar-refractivity contribution in [2.45, 2.75) is 45.3 Å². The lowest BCUT2D eigenvalue weighted by molar-refractivity contribution is 0.0635. The van der Waals surface area contributed by atoms with Crippen LogP contribution < -0.4 is 20.1 Å². The number of carbonyl (C=O) groups is 1. The fourth-order valence-corrected chi connectivity index (χ4v) is 2.66. The van der Waals surface area contributed by atoms with Crippen LogP contribution in [0.15, 0.2) is 12.1 Å². The standard InChI is InChI=1S/C17H26N2O4/c1-17(2,3)23-16(20)19-13-9-11(12-7-6-8-18-12)10-14(21-4)15(13)22-5/h9-10,12,18H,6-8H2,1-5H3,(H,19,20). The second-order valence-electron chi connectivity index (χ2n) is 6.58. The minimum Gasteiger partial charge on any atom is -0.493 e. The molecule has 1 saturated heterocycles. The first-order valence-corrected chi connectivity index (χ1v) is 7.83. The molecule has 0 aromatic heterocycles. The summed E-state index contributed by atoms with van der Waals surface area (Å²) in [5, 5.41) is 6.20.